The van der Waals surface area contributed by atoms with Crippen LogP contribution < -0.4 is 5.32 Å². The first kappa shape index (κ1) is 15.0. The van der Waals surface area contributed by atoms with Crippen LogP contribution in [-0.4, -0.2) is 37.5 Å². The number of fused-ring (bicyclic) bond motifs is 1. The lowest BCUT2D eigenvalue weighted by Crippen LogP contribution is -2.34. The molecule has 22 heavy (non-hydrogen) atoms. The molecule has 1 aliphatic rings. The molecule has 2 aromatic carbocycles. The van der Waals surface area contributed by atoms with Crippen molar-refractivity contribution in [2.75, 3.05) is 26.7 Å². The van der Waals surface area contributed by atoms with E-state index in [4.69, 9.17) is 0 Å². The number of nitrogens with one attached hydrogen (secondary N) is 1. The lowest BCUT2D eigenvalue weighted by molar-refractivity contribution is 0.0950. The predicted octanol–water partition coefficient (Wildman–Crippen LogP) is 3.30. The third-order valence-corrected chi connectivity index (χ3v) is 4.59. The van der Waals surface area contributed by atoms with Gasteiger partial charge in [0.05, 0.1) is 0 Å². The van der Waals surface area contributed by atoms with Gasteiger partial charge in [0.15, 0.2) is 0 Å². The van der Waals surface area contributed by atoms with Crippen LogP contribution in [0.5, 0.6) is 0 Å². The summed E-state index contributed by atoms with van der Waals surface area (Å²) in [5.74, 6) is 0.757. The zero-order chi connectivity index (χ0) is 15.4. The van der Waals surface area contributed by atoms with E-state index in [1.165, 1.54) is 19.4 Å². The van der Waals surface area contributed by atoms with Crippen LogP contribution in [0.3, 0.4) is 0 Å². The molecule has 0 bridgehead atoms. The number of nitrogens with zero attached hydrogens (tertiary/aromatic N) is 1. The van der Waals surface area contributed by atoms with E-state index < -0.39 is 0 Å². The Bertz CT molecular complexity index is 647. The van der Waals surface area contributed by atoms with Gasteiger partial charge in [-0.05, 0) is 55.6 Å². The molecule has 0 saturated carbocycles. The molecule has 0 aromatic heterocycles. The van der Waals surface area contributed by atoms with Crippen molar-refractivity contribution in [2.24, 2.45) is 5.92 Å². The van der Waals surface area contributed by atoms with Crippen molar-refractivity contribution in [1.29, 1.82) is 0 Å². The van der Waals surface area contributed by atoms with Gasteiger partial charge in [0, 0.05) is 18.7 Å². The summed E-state index contributed by atoms with van der Waals surface area (Å²) in [6.45, 7) is 3.13. The molecule has 3 heteroatoms. The highest BCUT2D eigenvalue weighted by atomic mass is 16.1. The molecule has 3 nitrogen and oxygen atoms in total. The standard InChI is InChI=1S/C19H24N2O/c1-21-13-5-6-15(14-21)11-12-20-19(22)18-10-4-8-16-7-2-3-9-17(16)18/h2-4,7-10,15H,5-6,11-14H2,1H3,(H,20,22). The fourth-order valence-corrected chi connectivity index (χ4v) is 3.42. The van der Waals surface area contributed by atoms with E-state index in [0.717, 1.165) is 35.8 Å². The fraction of sp³-hybridized carbons (Fsp3) is 0.421. The molecule has 1 fully saturated rings. The minimum atomic E-state index is 0.0426. The Balaban J connectivity index is 1.59. The second kappa shape index (κ2) is 6.93. The first-order chi connectivity index (χ1) is 10.7. The molecule has 1 N–H and O–H groups in total. The normalized spacial score (nSPS) is 19.2. The number of hydrogen-bond donors (Lipinski definition) is 1. The van der Waals surface area contributed by atoms with Crippen LogP contribution in [0.4, 0.5) is 0 Å². The third kappa shape index (κ3) is 3.47. The number of rotatable bonds is 4. The van der Waals surface area contributed by atoms with Crippen LogP contribution in [0, 0.1) is 5.92 Å². The average Bonchev–Trinajstić information content (AvgIpc) is 2.54. The highest BCUT2D eigenvalue weighted by Crippen LogP contribution is 2.19. The van der Waals surface area contributed by atoms with E-state index in [1.54, 1.807) is 0 Å². The highest BCUT2D eigenvalue weighted by molar-refractivity contribution is 6.06. The zero-order valence-corrected chi connectivity index (χ0v) is 13.2. The maximum absolute atomic E-state index is 12.4. The van der Waals surface area contributed by atoms with Crippen LogP contribution in [0.25, 0.3) is 10.8 Å². The third-order valence-electron chi connectivity index (χ3n) is 4.59. The van der Waals surface area contributed by atoms with E-state index in [2.05, 4.69) is 17.3 Å². The summed E-state index contributed by atoms with van der Waals surface area (Å²) in [6.07, 6.45) is 3.63. The number of amides is 1. The van der Waals surface area contributed by atoms with E-state index in [-0.39, 0.29) is 5.91 Å². The summed E-state index contributed by atoms with van der Waals surface area (Å²) < 4.78 is 0. The number of carbonyl (C=O) groups is 1. The Morgan fingerprint density at radius 2 is 2.05 bits per heavy atom. The second-order valence-corrected chi connectivity index (χ2v) is 6.34. The molecule has 0 radical (unpaired) electrons. The van der Waals surface area contributed by atoms with Gasteiger partial charge in [0.25, 0.3) is 5.91 Å². The number of piperidine rings is 1. The summed E-state index contributed by atoms with van der Waals surface area (Å²) >= 11 is 0. The van der Waals surface area contributed by atoms with Gasteiger partial charge in [-0.1, -0.05) is 36.4 Å². The van der Waals surface area contributed by atoms with Gasteiger partial charge >= 0.3 is 0 Å². The van der Waals surface area contributed by atoms with Crippen molar-refractivity contribution >= 4 is 16.7 Å². The molecule has 0 spiro atoms. The van der Waals surface area contributed by atoms with Crippen LogP contribution in [0.2, 0.25) is 0 Å². The maximum Gasteiger partial charge on any atom is 0.251 e. The van der Waals surface area contributed by atoms with Gasteiger partial charge in [0.2, 0.25) is 0 Å². The largest absolute Gasteiger partial charge is 0.352 e. The summed E-state index contributed by atoms with van der Waals surface area (Å²) in [5.41, 5.74) is 0.777. The van der Waals surface area contributed by atoms with Crippen LogP contribution in [-0.2, 0) is 0 Å². The Labute approximate surface area is 132 Å². The number of hydrogen-bond acceptors (Lipinski definition) is 2. The Hall–Kier alpha value is -1.87. The molecule has 116 valence electrons. The first-order valence-electron chi connectivity index (χ1n) is 8.18. The summed E-state index contributed by atoms with van der Waals surface area (Å²) in [4.78, 5) is 14.8. The van der Waals surface area contributed by atoms with Crippen molar-refractivity contribution in [3.05, 3.63) is 48.0 Å². The minimum Gasteiger partial charge on any atom is -0.352 e. The zero-order valence-electron chi connectivity index (χ0n) is 13.2. The van der Waals surface area contributed by atoms with Gasteiger partial charge in [-0.2, -0.15) is 0 Å². The number of likely N-dealkylation sites (tertiary alicyclic amines) is 1. The van der Waals surface area contributed by atoms with Crippen molar-refractivity contribution in [3.8, 4) is 0 Å². The number of benzene rings is 2. The van der Waals surface area contributed by atoms with Crippen molar-refractivity contribution < 1.29 is 4.79 Å². The molecule has 1 aliphatic heterocycles. The summed E-state index contributed by atoms with van der Waals surface area (Å²) in [6, 6.07) is 14.0. The summed E-state index contributed by atoms with van der Waals surface area (Å²) in [7, 11) is 2.18. The van der Waals surface area contributed by atoms with Crippen LogP contribution in [0.15, 0.2) is 42.5 Å². The van der Waals surface area contributed by atoms with Crippen LogP contribution in [0.1, 0.15) is 29.6 Å². The Morgan fingerprint density at radius 3 is 2.91 bits per heavy atom. The Kier molecular flexibility index (Phi) is 4.74. The maximum atomic E-state index is 12.4. The van der Waals surface area contributed by atoms with E-state index >= 15 is 0 Å². The Morgan fingerprint density at radius 1 is 1.23 bits per heavy atom. The SMILES string of the molecule is CN1CCCC(CCNC(=O)c2cccc3ccccc23)C1. The molecular weight excluding hydrogens is 272 g/mol. The quantitative estimate of drug-likeness (QED) is 0.939. The molecule has 1 unspecified atom stereocenters. The van der Waals surface area contributed by atoms with Crippen molar-refractivity contribution in [1.82, 2.24) is 10.2 Å². The molecule has 2 aromatic rings. The smallest absolute Gasteiger partial charge is 0.251 e. The fourth-order valence-electron chi connectivity index (χ4n) is 3.42. The van der Waals surface area contributed by atoms with Crippen molar-refractivity contribution in [3.63, 3.8) is 0 Å². The molecular formula is C19H24N2O. The average molecular weight is 296 g/mol. The second-order valence-electron chi connectivity index (χ2n) is 6.34. The van der Waals surface area contributed by atoms with Crippen LogP contribution >= 0.6 is 0 Å². The van der Waals surface area contributed by atoms with E-state index in [1.807, 2.05) is 42.5 Å². The van der Waals surface area contributed by atoms with Gasteiger partial charge in [0.1, 0.15) is 0 Å². The molecule has 3 rings (SSSR count). The van der Waals surface area contributed by atoms with Gasteiger partial charge in [-0.15, -0.1) is 0 Å². The molecule has 1 atom stereocenters. The number of carbonyl (C=O) groups excluding carboxylic acids is 1. The van der Waals surface area contributed by atoms with Crippen molar-refractivity contribution in [2.45, 2.75) is 19.3 Å². The van der Waals surface area contributed by atoms with Gasteiger partial charge < -0.3 is 10.2 Å². The highest BCUT2D eigenvalue weighted by Gasteiger charge is 2.17. The summed E-state index contributed by atoms with van der Waals surface area (Å²) in [5, 5.41) is 5.24. The monoisotopic (exact) mass is 296 g/mol. The molecule has 1 heterocycles. The lowest BCUT2D eigenvalue weighted by atomic mass is 9.95. The lowest BCUT2D eigenvalue weighted by Gasteiger charge is -2.29. The topological polar surface area (TPSA) is 32.3 Å². The van der Waals surface area contributed by atoms with E-state index in [0.29, 0.717) is 5.92 Å². The molecule has 1 saturated heterocycles. The minimum absolute atomic E-state index is 0.0426. The van der Waals surface area contributed by atoms with E-state index in [9.17, 15) is 4.79 Å². The predicted molar refractivity (Wildman–Crippen MR) is 91.1 cm³/mol. The first-order valence-corrected chi connectivity index (χ1v) is 8.18. The van der Waals surface area contributed by atoms with Gasteiger partial charge in [-0.25, -0.2) is 0 Å². The molecule has 1 amide bonds. The van der Waals surface area contributed by atoms with Gasteiger partial charge in [-0.3, -0.25) is 4.79 Å². The molecule has 0 aliphatic carbocycles.